The van der Waals surface area contributed by atoms with Gasteiger partial charge in [0, 0.05) is 10.2 Å². The van der Waals surface area contributed by atoms with Crippen molar-refractivity contribution in [2.45, 2.75) is 26.0 Å². The fourth-order valence-electron chi connectivity index (χ4n) is 2.53. The highest BCUT2D eigenvalue weighted by atomic mass is 79.9. The Labute approximate surface area is 153 Å². The predicted molar refractivity (Wildman–Crippen MR) is 98.5 cm³/mol. The van der Waals surface area contributed by atoms with E-state index in [2.05, 4.69) is 26.2 Å². The molecule has 1 aromatic carbocycles. The van der Waals surface area contributed by atoms with Gasteiger partial charge in [0.05, 0.1) is 0 Å². The van der Waals surface area contributed by atoms with Crippen LogP contribution in [0.15, 0.2) is 40.9 Å². The Bertz CT molecular complexity index is 825. The molecule has 2 amide bonds. The molecule has 0 fully saturated rings. The molecule has 8 heteroatoms. The molecule has 0 radical (unpaired) electrons. The topological polar surface area (TPSA) is 97.6 Å². The SMILES string of the molecule is CC1Oc2ccc(N)nc2N(C(C)C(=O)Nc2ccc(Br)cc2)C1=O. The Morgan fingerprint density at radius 2 is 2.00 bits per heavy atom. The second-order valence-corrected chi connectivity index (χ2v) is 6.61. The zero-order valence-corrected chi connectivity index (χ0v) is 15.3. The number of pyridine rings is 1. The Hall–Kier alpha value is -2.61. The molecule has 3 N–H and O–H groups in total. The van der Waals surface area contributed by atoms with E-state index in [1.165, 1.54) is 4.90 Å². The van der Waals surface area contributed by atoms with Crippen molar-refractivity contribution in [2.24, 2.45) is 0 Å². The van der Waals surface area contributed by atoms with Gasteiger partial charge >= 0.3 is 0 Å². The van der Waals surface area contributed by atoms with Crippen LogP contribution in [0.3, 0.4) is 0 Å². The number of ether oxygens (including phenoxy) is 1. The van der Waals surface area contributed by atoms with Crippen LogP contribution in [0.4, 0.5) is 17.3 Å². The average molecular weight is 405 g/mol. The first-order chi connectivity index (χ1) is 11.9. The molecule has 2 atom stereocenters. The van der Waals surface area contributed by atoms with Crippen LogP contribution in [0.2, 0.25) is 0 Å². The number of nitrogens with one attached hydrogen (secondary N) is 1. The highest BCUT2D eigenvalue weighted by molar-refractivity contribution is 9.10. The number of hydrogen-bond donors (Lipinski definition) is 2. The van der Waals surface area contributed by atoms with Crippen LogP contribution >= 0.6 is 15.9 Å². The van der Waals surface area contributed by atoms with Crippen molar-refractivity contribution in [3.8, 4) is 5.75 Å². The van der Waals surface area contributed by atoms with Gasteiger partial charge in [-0.15, -0.1) is 0 Å². The van der Waals surface area contributed by atoms with Gasteiger partial charge in [-0.05, 0) is 50.2 Å². The number of nitrogens with two attached hydrogens (primary N) is 1. The van der Waals surface area contributed by atoms with E-state index >= 15 is 0 Å². The minimum atomic E-state index is -0.782. The van der Waals surface area contributed by atoms with E-state index < -0.39 is 12.1 Å². The Balaban J connectivity index is 1.88. The molecule has 2 heterocycles. The number of carbonyl (C=O) groups excluding carboxylic acids is 2. The fraction of sp³-hybridized carbons (Fsp3) is 0.235. The first-order valence-corrected chi connectivity index (χ1v) is 8.49. The minimum Gasteiger partial charge on any atom is -0.477 e. The summed E-state index contributed by atoms with van der Waals surface area (Å²) in [6.45, 7) is 3.27. The zero-order chi connectivity index (χ0) is 18.1. The maximum absolute atomic E-state index is 12.6. The van der Waals surface area contributed by atoms with Crippen molar-refractivity contribution in [2.75, 3.05) is 16.0 Å². The molecule has 0 saturated heterocycles. The van der Waals surface area contributed by atoms with Crippen LogP contribution in [0.5, 0.6) is 5.75 Å². The molecule has 2 aromatic rings. The lowest BCUT2D eigenvalue weighted by Gasteiger charge is -2.35. The van der Waals surface area contributed by atoms with Gasteiger partial charge in [0.25, 0.3) is 5.91 Å². The van der Waals surface area contributed by atoms with Gasteiger partial charge in [0.1, 0.15) is 11.9 Å². The van der Waals surface area contributed by atoms with E-state index in [9.17, 15) is 9.59 Å². The third-order valence-corrected chi connectivity index (χ3v) is 4.39. The molecule has 0 aliphatic carbocycles. The molecule has 3 rings (SSSR count). The molecule has 7 nitrogen and oxygen atoms in total. The van der Waals surface area contributed by atoms with Crippen LogP contribution in [0, 0.1) is 0 Å². The number of benzene rings is 1. The molecule has 1 aliphatic rings. The Kier molecular flexibility index (Phi) is 4.63. The highest BCUT2D eigenvalue weighted by Crippen LogP contribution is 2.34. The average Bonchev–Trinajstić information content (AvgIpc) is 2.58. The molecule has 2 unspecified atom stereocenters. The van der Waals surface area contributed by atoms with E-state index in [1.807, 2.05) is 12.1 Å². The number of amides is 2. The maximum atomic E-state index is 12.6. The summed E-state index contributed by atoms with van der Waals surface area (Å²) in [4.78, 5) is 30.7. The zero-order valence-electron chi connectivity index (χ0n) is 13.7. The van der Waals surface area contributed by atoms with Gasteiger partial charge in [0.2, 0.25) is 5.91 Å². The number of nitrogen functional groups attached to an aromatic ring is 1. The number of anilines is 3. The van der Waals surface area contributed by atoms with Crippen molar-refractivity contribution < 1.29 is 14.3 Å². The summed E-state index contributed by atoms with van der Waals surface area (Å²) in [7, 11) is 0. The lowest BCUT2D eigenvalue weighted by atomic mass is 10.1. The number of rotatable bonds is 3. The quantitative estimate of drug-likeness (QED) is 0.818. The van der Waals surface area contributed by atoms with E-state index in [1.54, 1.807) is 38.1 Å². The van der Waals surface area contributed by atoms with E-state index in [0.29, 0.717) is 11.4 Å². The normalized spacial score (nSPS) is 17.5. The summed E-state index contributed by atoms with van der Waals surface area (Å²) in [6, 6.07) is 9.62. The van der Waals surface area contributed by atoms with Crippen molar-refractivity contribution in [3.05, 3.63) is 40.9 Å². The van der Waals surface area contributed by atoms with Gasteiger partial charge in [-0.1, -0.05) is 15.9 Å². The smallest absolute Gasteiger partial charge is 0.269 e. The second kappa shape index (κ2) is 6.72. The van der Waals surface area contributed by atoms with Gasteiger partial charge in [-0.25, -0.2) is 4.98 Å². The molecule has 0 spiro atoms. The Morgan fingerprint density at radius 3 is 2.68 bits per heavy atom. The van der Waals surface area contributed by atoms with E-state index in [0.717, 1.165) is 4.47 Å². The van der Waals surface area contributed by atoms with Crippen molar-refractivity contribution in [1.29, 1.82) is 0 Å². The molecule has 1 aliphatic heterocycles. The molecule has 1 aromatic heterocycles. The molecular weight excluding hydrogens is 388 g/mol. The van der Waals surface area contributed by atoms with Crippen molar-refractivity contribution in [1.82, 2.24) is 4.98 Å². The number of fused-ring (bicyclic) bond motifs is 1. The molecule has 0 bridgehead atoms. The molecular formula is C17H17BrN4O3. The third kappa shape index (κ3) is 3.43. The Morgan fingerprint density at radius 1 is 1.32 bits per heavy atom. The van der Waals surface area contributed by atoms with Crippen LogP contribution in [-0.2, 0) is 9.59 Å². The predicted octanol–water partition coefficient (Wildman–Crippen LogP) is 2.57. The standard InChI is InChI=1S/C17H17BrN4O3/c1-9(16(23)20-12-5-3-11(18)4-6-12)22-15-13(7-8-14(19)21-15)25-10(2)17(22)24/h3-10H,1-2H3,(H2,19,21)(H,20,23). The number of carbonyl (C=O) groups is 2. The lowest BCUT2D eigenvalue weighted by Crippen LogP contribution is -2.53. The number of aromatic nitrogens is 1. The summed E-state index contributed by atoms with van der Waals surface area (Å²) in [5.41, 5.74) is 6.36. The largest absolute Gasteiger partial charge is 0.477 e. The number of halogens is 1. The first-order valence-electron chi connectivity index (χ1n) is 7.69. The van der Waals surface area contributed by atoms with Crippen molar-refractivity contribution >= 4 is 45.1 Å². The van der Waals surface area contributed by atoms with Crippen LogP contribution in [-0.4, -0.2) is 28.9 Å². The van der Waals surface area contributed by atoms with Crippen LogP contribution in [0.1, 0.15) is 13.8 Å². The highest BCUT2D eigenvalue weighted by Gasteiger charge is 2.38. The summed E-state index contributed by atoms with van der Waals surface area (Å²) in [6.07, 6.45) is -0.708. The summed E-state index contributed by atoms with van der Waals surface area (Å²) in [5, 5.41) is 2.79. The fourth-order valence-corrected chi connectivity index (χ4v) is 2.79. The minimum absolute atomic E-state index is 0.246. The monoisotopic (exact) mass is 404 g/mol. The summed E-state index contributed by atoms with van der Waals surface area (Å²) in [5.74, 6) is 0.241. The van der Waals surface area contributed by atoms with E-state index in [-0.39, 0.29) is 23.5 Å². The number of nitrogens with zero attached hydrogens (tertiary/aromatic N) is 2. The molecule has 0 saturated carbocycles. The molecule has 25 heavy (non-hydrogen) atoms. The van der Waals surface area contributed by atoms with Gasteiger partial charge in [0.15, 0.2) is 17.7 Å². The second-order valence-electron chi connectivity index (χ2n) is 5.70. The molecule has 130 valence electrons. The third-order valence-electron chi connectivity index (χ3n) is 3.86. The van der Waals surface area contributed by atoms with Gasteiger partial charge in [-0.3, -0.25) is 14.5 Å². The van der Waals surface area contributed by atoms with Gasteiger partial charge in [-0.2, -0.15) is 0 Å². The van der Waals surface area contributed by atoms with E-state index in [4.69, 9.17) is 10.5 Å². The first kappa shape index (κ1) is 17.2. The van der Waals surface area contributed by atoms with Gasteiger partial charge < -0.3 is 15.8 Å². The lowest BCUT2D eigenvalue weighted by molar-refractivity contribution is -0.128. The van der Waals surface area contributed by atoms with Crippen molar-refractivity contribution in [3.63, 3.8) is 0 Å². The number of hydrogen-bond acceptors (Lipinski definition) is 5. The maximum Gasteiger partial charge on any atom is 0.269 e. The summed E-state index contributed by atoms with van der Waals surface area (Å²) >= 11 is 3.34. The summed E-state index contributed by atoms with van der Waals surface area (Å²) < 4.78 is 6.45. The van der Waals surface area contributed by atoms with Crippen LogP contribution in [0.25, 0.3) is 0 Å². The van der Waals surface area contributed by atoms with Crippen LogP contribution < -0.4 is 20.7 Å².